The minimum Gasteiger partial charge on any atom is -0.507 e. The van der Waals surface area contributed by atoms with E-state index in [1.807, 2.05) is 12.1 Å². The number of allylic oxidation sites excluding steroid dienone is 3. The van der Waals surface area contributed by atoms with Crippen molar-refractivity contribution < 1.29 is 10.2 Å². The molecule has 1 aromatic heterocycles. The van der Waals surface area contributed by atoms with Crippen LogP contribution in [0, 0.1) is 0 Å². The van der Waals surface area contributed by atoms with Crippen molar-refractivity contribution in [3.8, 4) is 16.9 Å². The standard InChI is InChI=1S/C28H30N2O3/c31-25-8-4-7-23-26(25)24(18-29-27(23)32)22-11-9-21(10-12-22)19-30-15-13-28(33,14-16-30)17-20-5-2-1-3-6-20/h2,4-12,18,31,33H,1,3,13-17,19H2,(H,29,32). The third-order valence-corrected chi connectivity index (χ3v) is 6.97. The number of H-pyrrole nitrogens is 1. The average Bonchev–Trinajstić information content (AvgIpc) is 2.83. The van der Waals surface area contributed by atoms with E-state index in [1.54, 1.807) is 24.4 Å². The number of aromatic amines is 1. The van der Waals surface area contributed by atoms with Crippen LogP contribution in [0.15, 0.2) is 77.3 Å². The quantitative estimate of drug-likeness (QED) is 0.526. The third-order valence-electron chi connectivity index (χ3n) is 6.97. The maximum Gasteiger partial charge on any atom is 0.255 e. The number of hydrogen-bond acceptors (Lipinski definition) is 4. The number of nitrogens with zero attached hydrogens (tertiary/aromatic N) is 1. The van der Waals surface area contributed by atoms with Gasteiger partial charge in [0.2, 0.25) is 0 Å². The normalized spacial score (nSPS) is 18.4. The summed E-state index contributed by atoms with van der Waals surface area (Å²) >= 11 is 0. The number of aromatic hydroxyl groups is 1. The Labute approximate surface area is 193 Å². The summed E-state index contributed by atoms with van der Waals surface area (Å²) in [7, 11) is 0. The highest BCUT2D eigenvalue weighted by Crippen LogP contribution is 2.34. The topological polar surface area (TPSA) is 76.6 Å². The first-order chi connectivity index (χ1) is 16.0. The van der Waals surface area contributed by atoms with Crippen LogP contribution in [0.25, 0.3) is 21.9 Å². The van der Waals surface area contributed by atoms with Gasteiger partial charge in [-0.05, 0) is 54.5 Å². The summed E-state index contributed by atoms with van der Waals surface area (Å²) in [5.74, 6) is 0.109. The SMILES string of the molecule is O=c1[nH]cc(-c2ccc(CN3CCC(O)(CC4=CCCC=C4)CC3)cc2)c2c(O)cccc12. The summed E-state index contributed by atoms with van der Waals surface area (Å²) < 4.78 is 0. The van der Waals surface area contributed by atoms with Gasteiger partial charge in [0.25, 0.3) is 5.56 Å². The molecule has 1 saturated heterocycles. The minimum absolute atomic E-state index is 0.109. The van der Waals surface area contributed by atoms with E-state index in [4.69, 9.17) is 0 Å². The first-order valence-electron chi connectivity index (χ1n) is 11.7. The van der Waals surface area contributed by atoms with Crippen LogP contribution in [0.4, 0.5) is 0 Å². The number of nitrogens with one attached hydrogen (secondary N) is 1. The van der Waals surface area contributed by atoms with Gasteiger partial charge in [-0.15, -0.1) is 0 Å². The number of fused-ring (bicyclic) bond motifs is 1. The van der Waals surface area contributed by atoms with Gasteiger partial charge in [-0.3, -0.25) is 9.69 Å². The molecule has 0 atom stereocenters. The first-order valence-corrected chi connectivity index (χ1v) is 11.7. The molecule has 0 bridgehead atoms. The second-order valence-electron chi connectivity index (χ2n) is 9.36. The molecule has 2 heterocycles. The molecule has 2 aromatic carbocycles. The number of likely N-dealkylation sites (tertiary alicyclic amines) is 1. The van der Waals surface area contributed by atoms with Gasteiger partial charge in [0.1, 0.15) is 5.75 Å². The van der Waals surface area contributed by atoms with E-state index in [0.29, 0.717) is 10.8 Å². The highest BCUT2D eigenvalue weighted by molar-refractivity contribution is 5.99. The fourth-order valence-corrected chi connectivity index (χ4v) is 5.06. The van der Waals surface area contributed by atoms with E-state index in [1.165, 1.54) is 11.1 Å². The number of phenolic OH excluding ortho intramolecular Hbond substituents is 1. The Morgan fingerprint density at radius 3 is 2.55 bits per heavy atom. The number of phenols is 1. The summed E-state index contributed by atoms with van der Waals surface area (Å²) in [6, 6.07) is 13.3. The highest BCUT2D eigenvalue weighted by Gasteiger charge is 2.32. The largest absolute Gasteiger partial charge is 0.507 e. The summed E-state index contributed by atoms with van der Waals surface area (Å²) in [6.45, 7) is 2.61. The number of piperidine rings is 1. The molecule has 1 aliphatic carbocycles. The molecule has 1 aliphatic heterocycles. The maximum absolute atomic E-state index is 12.2. The lowest BCUT2D eigenvalue weighted by Crippen LogP contribution is -2.44. The molecule has 3 aromatic rings. The smallest absolute Gasteiger partial charge is 0.255 e. The molecule has 0 spiro atoms. The number of benzene rings is 2. The van der Waals surface area contributed by atoms with Crippen molar-refractivity contribution >= 4 is 10.8 Å². The van der Waals surface area contributed by atoms with Crippen LogP contribution in [0.3, 0.4) is 0 Å². The van der Waals surface area contributed by atoms with Gasteiger partial charge in [0.05, 0.1) is 11.0 Å². The van der Waals surface area contributed by atoms with Crippen LogP contribution >= 0.6 is 0 Å². The highest BCUT2D eigenvalue weighted by atomic mass is 16.3. The van der Waals surface area contributed by atoms with Crippen molar-refractivity contribution in [3.63, 3.8) is 0 Å². The van der Waals surface area contributed by atoms with Crippen LogP contribution in [0.2, 0.25) is 0 Å². The lowest BCUT2D eigenvalue weighted by atomic mass is 9.84. The number of pyridine rings is 1. The van der Waals surface area contributed by atoms with E-state index in [2.05, 4.69) is 40.2 Å². The Bertz CT molecular complexity index is 1260. The fraction of sp³-hybridized carbons (Fsp3) is 0.321. The zero-order chi connectivity index (χ0) is 22.8. The predicted octanol–water partition coefficient (Wildman–Crippen LogP) is 4.89. The van der Waals surface area contributed by atoms with Crippen LogP contribution < -0.4 is 5.56 Å². The molecular formula is C28H30N2O3. The molecule has 2 aliphatic rings. The summed E-state index contributed by atoms with van der Waals surface area (Å²) in [5, 5.41) is 22.5. The van der Waals surface area contributed by atoms with Gasteiger partial charge in [-0.25, -0.2) is 0 Å². The second-order valence-corrected chi connectivity index (χ2v) is 9.36. The Hall–Kier alpha value is -3.15. The molecule has 170 valence electrons. The van der Waals surface area contributed by atoms with Gasteiger partial charge >= 0.3 is 0 Å². The number of aliphatic hydroxyl groups is 1. The molecule has 5 rings (SSSR count). The molecule has 0 radical (unpaired) electrons. The molecule has 33 heavy (non-hydrogen) atoms. The van der Waals surface area contributed by atoms with Gasteiger partial charge in [-0.1, -0.05) is 48.6 Å². The van der Waals surface area contributed by atoms with E-state index < -0.39 is 5.60 Å². The average molecular weight is 443 g/mol. The minimum atomic E-state index is -0.596. The summed E-state index contributed by atoms with van der Waals surface area (Å²) in [5.41, 5.74) is 3.43. The van der Waals surface area contributed by atoms with Crippen molar-refractivity contribution in [2.24, 2.45) is 0 Å². The van der Waals surface area contributed by atoms with Crippen molar-refractivity contribution in [2.75, 3.05) is 13.1 Å². The first kappa shape index (κ1) is 21.7. The Balaban J connectivity index is 1.26. The van der Waals surface area contributed by atoms with E-state index >= 15 is 0 Å². The maximum atomic E-state index is 12.2. The molecule has 0 saturated carbocycles. The van der Waals surface area contributed by atoms with Crippen LogP contribution in [0.5, 0.6) is 5.75 Å². The number of hydrogen-bond donors (Lipinski definition) is 3. The fourth-order valence-electron chi connectivity index (χ4n) is 5.06. The monoisotopic (exact) mass is 442 g/mol. The molecule has 5 nitrogen and oxygen atoms in total. The molecule has 1 fully saturated rings. The Morgan fingerprint density at radius 2 is 1.82 bits per heavy atom. The Morgan fingerprint density at radius 1 is 1.03 bits per heavy atom. The van der Waals surface area contributed by atoms with Crippen LogP contribution in [0.1, 0.15) is 37.7 Å². The molecule has 3 N–H and O–H groups in total. The van der Waals surface area contributed by atoms with E-state index in [9.17, 15) is 15.0 Å². The number of aromatic nitrogens is 1. The third kappa shape index (κ3) is 4.65. The zero-order valence-electron chi connectivity index (χ0n) is 18.8. The number of rotatable bonds is 5. The Kier molecular flexibility index (Phi) is 5.92. The summed E-state index contributed by atoms with van der Waals surface area (Å²) in [6.07, 6.45) is 12.8. The molecule has 5 heteroatoms. The predicted molar refractivity (Wildman–Crippen MR) is 132 cm³/mol. The second kappa shape index (κ2) is 9.00. The van der Waals surface area contributed by atoms with Gasteiger partial charge < -0.3 is 15.2 Å². The van der Waals surface area contributed by atoms with Crippen molar-refractivity contribution in [3.05, 3.63) is 88.4 Å². The van der Waals surface area contributed by atoms with Crippen molar-refractivity contribution in [2.45, 2.75) is 44.2 Å². The molecule has 0 unspecified atom stereocenters. The van der Waals surface area contributed by atoms with Crippen molar-refractivity contribution in [1.82, 2.24) is 9.88 Å². The van der Waals surface area contributed by atoms with E-state index in [0.717, 1.165) is 62.9 Å². The zero-order valence-corrected chi connectivity index (χ0v) is 18.8. The molecular weight excluding hydrogens is 412 g/mol. The van der Waals surface area contributed by atoms with Gasteiger partial charge in [0, 0.05) is 43.2 Å². The van der Waals surface area contributed by atoms with Crippen LogP contribution in [-0.4, -0.2) is 38.8 Å². The lowest BCUT2D eigenvalue weighted by molar-refractivity contribution is -0.0218. The van der Waals surface area contributed by atoms with Crippen molar-refractivity contribution in [1.29, 1.82) is 0 Å². The van der Waals surface area contributed by atoms with Gasteiger partial charge in [-0.2, -0.15) is 0 Å². The van der Waals surface area contributed by atoms with E-state index in [-0.39, 0.29) is 11.3 Å². The summed E-state index contributed by atoms with van der Waals surface area (Å²) in [4.78, 5) is 17.3. The van der Waals surface area contributed by atoms with Crippen LogP contribution in [-0.2, 0) is 6.54 Å². The van der Waals surface area contributed by atoms with Gasteiger partial charge in [0.15, 0.2) is 0 Å². The molecule has 0 amide bonds. The lowest BCUT2D eigenvalue weighted by Gasteiger charge is -2.38.